The van der Waals surface area contributed by atoms with Gasteiger partial charge in [-0.1, -0.05) is 57.0 Å². The van der Waals surface area contributed by atoms with Gasteiger partial charge in [0.25, 0.3) is 0 Å². The summed E-state index contributed by atoms with van der Waals surface area (Å²) in [6, 6.07) is 9.56. The molecule has 0 saturated carbocycles. The number of anilines is 2. The van der Waals surface area contributed by atoms with Crippen LogP contribution in [0.3, 0.4) is 0 Å². The predicted molar refractivity (Wildman–Crippen MR) is 117 cm³/mol. The van der Waals surface area contributed by atoms with Crippen molar-refractivity contribution in [1.29, 1.82) is 0 Å². The number of amides is 1. The highest BCUT2D eigenvalue weighted by molar-refractivity contribution is 6.33. The molecule has 0 saturated heterocycles. The highest BCUT2D eigenvalue weighted by Gasteiger charge is 2.21. The van der Waals surface area contributed by atoms with Crippen molar-refractivity contribution in [2.75, 3.05) is 36.5 Å². The Hall–Kier alpha value is -2.11. The molecule has 28 heavy (non-hydrogen) atoms. The molecule has 0 unspecified atom stereocenters. The van der Waals surface area contributed by atoms with Crippen molar-refractivity contribution >= 4 is 29.0 Å². The summed E-state index contributed by atoms with van der Waals surface area (Å²) in [5.41, 5.74) is 2.42. The first-order valence-corrected chi connectivity index (χ1v) is 10.2. The minimum absolute atomic E-state index is 0.0149. The fraction of sp³-hybridized carbons (Fsp3) is 0.455. The zero-order chi connectivity index (χ0) is 20.7. The molecule has 6 heteroatoms. The van der Waals surface area contributed by atoms with Crippen molar-refractivity contribution in [3.63, 3.8) is 0 Å². The molecule has 0 aliphatic carbocycles. The van der Waals surface area contributed by atoms with Crippen LogP contribution in [0.15, 0.2) is 36.5 Å². The van der Waals surface area contributed by atoms with E-state index in [1.54, 1.807) is 18.1 Å². The Morgan fingerprint density at radius 1 is 1.21 bits per heavy atom. The van der Waals surface area contributed by atoms with Crippen molar-refractivity contribution < 1.29 is 9.90 Å². The van der Waals surface area contributed by atoms with E-state index in [-0.39, 0.29) is 18.4 Å². The minimum Gasteiger partial charge on any atom is -0.395 e. The summed E-state index contributed by atoms with van der Waals surface area (Å²) in [4.78, 5) is 20.9. The zero-order valence-corrected chi connectivity index (χ0v) is 17.9. The van der Waals surface area contributed by atoms with Crippen molar-refractivity contribution in [2.24, 2.45) is 5.92 Å². The summed E-state index contributed by atoms with van der Waals surface area (Å²) >= 11 is 6.48. The lowest BCUT2D eigenvalue weighted by Gasteiger charge is -2.27. The molecule has 1 heterocycles. The van der Waals surface area contributed by atoms with Crippen LogP contribution in [0.1, 0.15) is 33.6 Å². The minimum atomic E-state index is -0.126. The van der Waals surface area contributed by atoms with Gasteiger partial charge in [0.15, 0.2) is 0 Å². The van der Waals surface area contributed by atoms with Crippen LogP contribution < -0.4 is 9.80 Å². The van der Waals surface area contributed by atoms with Crippen LogP contribution in [-0.4, -0.2) is 42.7 Å². The van der Waals surface area contributed by atoms with Crippen LogP contribution in [0.5, 0.6) is 0 Å². The fourth-order valence-electron chi connectivity index (χ4n) is 3.09. The molecule has 1 aromatic carbocycles. The van der Waals surface area contributed by atoms with E-state index in [1.807, 2.05) is 44.2 Å². The van der Waals surface area contributed by atoms with Crippen LogP contribution in [0.2, 0.25) is 5.02 Å². The van der Waals surface area contributed by atoms with Crippen molar-refractivity contribution in [3.8, 4) is 11.1 Å². The molecule has 5 nitrogen and oxygen atoms in total. The van der Waals surface area contributed by atoms with Gasteiger partial charge in [-0.25, -0.2) is 4.98 Å². The Kier molecular flexibility index (Phi) is 8.27. The second kappa shape index (κ2) is 10.4. The molecule has 0 atom stereocenters. The standard InChI is InChI=1S/C22H30ClN3O2/c1-5-6-11-26(12-13-27)21-14-18(17-9-7-8-10-19(17)23)20(15-24-21)25(4)22(28)16(2)3/h7-10,14-16,27H,5-6,11-13H2,1-4H3. The van der Waals surface area contributed by atoms with Gasteiger partial charge in [0.1, 0.15) is 5.82 Å². The number of benzene rings is 1. The number of nitrogens with zero attached hydrogens (tertiary/aromatic N) is 3. The number of pyridine rings is 1. The number of aliphatic hydroxyl groups excluding tert-OH is 1. The SMILES string of the molecule is CCCCN(CCO)c1cc(-c2ccccc2Cl)c(N(C)C(=O)C(C)C)cn1. The molecule has 0 spiro atoms. The fourth-order valence-corrected chi connectivity index (χ4v) is 3.33. The Morgan fingerprint density at radius 3 is 2.54 bits per heavy atom. The van der Waals surface area contributed by atoms with Crippen LogP contribution in [-0.2, 0) is 4.79 Å². The molecular formula is C22H30ClN3O2. The number of aliphatic hydroxyl groups is 1. The van der Waals surface area contributed by atoms with E-state index >= 15 is 0 Å². The molecule has 1 amide bonds. The molecule has 0 aliphatic heterocycles. The number of aromatic nitrogens is 1. The van der Waals surface area contributed by atoms with Crippen molar-refractivity contribution in [1.82, 2.24) is 4.98 Å². The van der Waals surface area contributed by atoms with Crippen molar-refractivity contribution in [3.05, 3.63) is 41.6 Å². The van der Waals surface area contributed by atoms with Gasteiger partial charge in [-0.15, -0.1) is 0 Å². The normalized spacial score (nSPS) is 11.0. The number of rotatable bonds is 9. The number of hydrogen-bond acceptors (Lipinski definition) is 4. The van der Waals surface area contributed by atoms with Gasteiger partial charge >= 0.3 is 0 Å². The summed E-state index contributed by atoms with van der Waals surface area (Å²) in [6.45, 7) is 7.27. The summed E-state index contributed by atoms with van der Waals surface area (Å²) in [5, 5.41) is 10.1. The molecule has 0 bridgehead atoms. The van der Waals surface area contributed by atoms with E-state index in [0.29, 0.717) is 11.6 Å². The Morgan fingerprint density at radius 2 is 1.93 bits per heavy atom. The molecule has 1 aromatic heterocycles. The van der Waals surface area contributed by atoms with Gasteiger partial charge in [0.05, 0.1) is 18.5 Å². The second-order valence-electron chi connectivity index (χ2n) is 7.16. The molecule has 1 N–H and O–H groups in total. The quantitative estimate of drug-likeness (QED) is 0.663. The largest absolute Gasteiger partial charge is 0.395 e. The lowest BCUT2D eigenvalue weighted by molar-refractivity contribution is -0.121. The van der Waals surface area contributed by atoms with Crippen LogP contribution in [0.4, 0.5) is 11.5 Å². The smallest absolute Gasteiger partial charge is 0.229 e. The maximum absolute atomic E-state index is 12.6. The van der Waals surface area contributed by atoms with E-state index in [9.17, 15) is 9.90 Å². The Labute approximate surface area is 173 Å². The highest BCUT2D eigenvalue weighted by Crippen LogP contribution is 2.37. The Balaban J connectivity index is 2.57. The topological polar surface area (TPSA) is 56.7 Å². The molecule has 0 fully saturated rings. The molecule has 0 radical (unpaired) electrons. The number of unbranched alkanes of at least 4 members (excludes halogenated alkanes) is 1. The van der Waals surface area contributed by atoms with E-state index in [0.717, 1.165) is 42.0 Å². The van der Waals surface area contributed by atoms with E-state index in [1.165, 1.54) is 0 Å². The lowest BCUT2D eigenvalue weighted by Crippen LogP contribution is -2.31. The molecule has 152 valence electrons. The van der Waals surface area contributed by atoms with Gasteiger partial charge < -0.3 is 14.9 Å². The second-order valence-corrected chi connectivity index (χ2v) is 7.56. The predicted octanol–water partition coefficient (Wildman–Crippen LogP) is 4.62. The third kappa shape index (κ3) is 5.24. The van der Waals surface area contributed by atoms with Crippen molar-refractivity contribution in [2.45, 2.75) is 33.6 Å². The Bertz CT molecular complexity index is 795. The first-order chi connectivity index (χ1) is 13.4. The summed E-state index contributed by atoms with van der Waals surface area (Å²) in [5.74, 6) is 0.659. The number of hydrogen-bond donors (Lipinski definition) is 1. The third-order valence-corrected chi connectivity index (χ3v) is 5.02. The maximum atomic E-state index is 12.6. The summed E-state index contributed by atoms with van der Waals surface area (Å²) in [7, 11) is 1.77. The summed E-state index contributed by atoms with van der Waals surface area (Å²) in [6.07, 6.45) is 3.80. The number of carbonyl (C=O) groups excluding carboxylic acids is 1. The van der Waals surface area contributed by atoms with E-state index < -0.39 is 0 Å². The van der Waals surface area contributed by atoms with Gasteiger partial charge in [0.2, 0.25) is 5.91 Å². The lowest BCUT2D eigenvalue weighted by atomic mass is 10.0. The third-order valence-electron chi connectivity index (χ3n) is 4.69. The van der Waals surface area contributed by atoms with Crippen LogP contribution in [0.25, 0.3) is 11.1 Å². The average molecular weight is 404 g/mol. The highest BCUT2D eigenvalue weighted by atomic mass is 35.5. The van der Waals surface area contributed by atoms with Gasteiger partial charge in [-0.05, 0) is 18.6 Å². The number of carbonyl (C=O) groups is 1. The van der Waals surface area contributed by atoms with E-state index in [4.69, 9.17) is 11.6 Å². The first kappa shape index (κ1) is 22.2. The summed E-state index contributed by atoms with van der Waals surface area (Å²) < 4.78 is 0. The average Bonchev–Trinajstić information content (AvgIpc) is 2.70. The molecule has 0 aliphatic rings. The van der Waals surface area contributed by atoms with Gasteiger partial charge in [-0.2, -0.15) is 0 Å². The molecular weight excluding hydrogens is 374 g/mol. The van der Waals surface area contributed by atoms with Crippen LogP contribution >= 0.6 is 11.6 Å². The number of halogens is 1. The van der Waals surface area contributed by atoms with Gasteiger partial charge in [0, 0.05) is 42.2 Å². The first-order valence-electron chi connectivity index (χ1n) is 9.79. The van der Waals surface area contributed by atoms with Crippen LogP contribution in [0, 0.1) is 5.92 Å². The molecule has 2 rings (SSSR count). The van der Waals surface area contributed by atoms with E-state index in [2.05, 4.69) is 16.8 Å². The monoisotopic (exact) mass is 403 g/mol. The maximum Gasteiger partial charge on any atom is 0.229 e. The molecule has 2 aromatic rings. The van der Waals surface area contributed by atoms with Gasteiger partial charge in [-0.3, -0.25) is 4.79 Å². The zero-order valence-electron chi connectivity index (χ0n) is 17.2.